The minimum atomic E-state index is -1.70. The highest BCUT2D eigenvalue weighted by Crippen LogP contribution is 2.51. The van der Waals surface area contributed by atoms with E-state index in [1.165, 1.54) is 23.1 Å². The lowest BCUT2D eigenvalue weighted by Gasteiger charge is -2.30. The molecule has 1 unspecified atom stereocenters. The van der Waals surface area contributed by atoms with E-state index in [0.717, 1.165) is 18.4 Å². The monoisotopic (exact) mass is 453 g/mol. The van der Waals surface area contributed by atoms with Crippen LogP contribution in [-0.2, 0) is 23.2 Å². The van der Waals surface area contributed by atoms with E-state index >= 15 is 0 Å². The summed E-state index contributed by atoms with van der Waals surface area (Å²) in [6.07, 6.45) is 0.518. The SMILES string of the molecule is O=C(C(O)c1cccc(Cl)c1F)N1CCc2nc(C3(c4ccccc4)CC3)[nH]c(=O)c2C1. The summed E-state index contributed by atoms with van der Waals surface area (Å²) in [6, 6.07) is 14.1. The molecule has 1 aromatic heterocycles. The van der Waals surface area contributed by atoms with E-state index in [2.05, 4.69) is 4.98 Å². The molecule has 32 heavy (non-hydrogen) atoms. The van der Waals surface area contributed by atoms with Crippen LogP contribution in [0.15, 0.2) is 53.3 Å². The smallest absolute Gasteiger partial charge is 0.256 e. The van der Waals surface area contributed by atoms with Crippen LogP contribution >= 0.6 is 11.6 Å². The molecule has 2 aromatic carbocycles. The fourth-order valence-corrected chi connectivity index (χ4v) is 4.60. The summed E-state index contributed by atoms with van der Waals surface area (Å²) in [4.78, 5) is 34.8. The number of amides is 1. The van der Waals surface area contributed by atoms with Gasteiger partial charge in [0.2, 0.25) is 0 Å². The van der Waals surface area contributed by atoms with Gasteiger partial charge >= 0.3 is 0 Å². The molecular weight excluding hydrogens is 433 g/mol. The van der Waals surface area contributed by atoms with E-state index in [1.807, 2.05) is 30.3 Å². The van der Waals surface area contributed by atoms with Gasteiger partial charge in [0.05, 0.1) is 28.2 Å². The fourth-order valence-electron chi connectivity index (χ4n) is 4.42. The van der Waals surface area contributed by atoms with Gasteiger partial charge in [-0.3, -0.25) is 9.59 Å². The molecule has 0 radical (unpaired) electrons. The molecule has 1 aliphatic carbocycles. The molecule has 164 valence electrons. The number of aromatic amines is 1. The molecule has 0 saturated heterocycles. The first-order valence-electron chi connectivity index (χ1n) is 10.5. The number of aliphatic hydroxyl groups excluding tert-OH is 1. The summed E-state index contributed by atoms with van der Waals surface area (Å²) in [5.74, 6) is -0.844. The maximum absolute atomic E-state index is 14.3. The van der Waals surface area contributed by atoms with Crippen molar-refractivity contribution in [3.8, 4) is 0 Å². The van der Waals surface area contributed by atoms with Gasteiger partial charge in [0.25, 0.3) is 11.5 Å². The lowest BCUT2D eigenvalue weighted by atomic mass is 9.94. The van der Waals surface area contributed by atoms with Gasteiger partial charge in [0.15, 0.2) is 6.10 Å². The quantitative estimate of drug-likeness (QED) is 0.635. The predicted octanol–water partition coefficient (Wildman–Crippen LogP) is 3.26. The van der Waals surface area contributed by atoms with Crippen LogP contribution in [0, 0.1) is 5.82 Å². The van der Waals surface area contributed by atoms with Crippen LogP contribution in [0.5, 0.6) is 0 Å². The average Bonchev–Trinajstić information content (AvgIpc) is 3.62. The van der Waals surface area contributed by atoms with E-state index in [9.17, 15) is 19.1 Å². The highest BCUT2D eigenvalue weighted by molar-refractivity contribution is 6.30. The second kappa shape index (κ2) is 7.83. The molecule has 6 nitrogen and oxygen atoms in total. The van der Waals surface area contributed by atoms with E-state index < -0.39 is 17.8 Å². The van der Waals surface area contributed by atoms with Gasteiger partial charge in [0, 0.05) is 18.5 Å². The Morgan fingerprint density at radius 3 is 2.66 bits per heavy atom. The topological polar surface area (TPSA) is 86.3 Å². The molecule has 5 rings (SSSR count). The van der Waals surface area contributed by atoms with E-state index in [4.69, 9.17) is 16.6 Å². The molecule has 2 aliphatic rings. The van der Waals surface area contributed by atoms with Crippen molar-refractivity contribution in [2.75, 3.05) is 6.54 Å². The summed E-state index contributed by atoms with van der Waals surface area (Å²) >= 11 is 5.77. The zero-order valence-corrected chi connectivity index (χ0v) is 17.9. The third kappa shape index (κ3) is 3.42. The predicted molar refractivity (Wildman–Crippen MR) is 117 cm³/mol. The number of nitrogens with one attached hydrogen (secondary N) is 1. The van der Waals surface area contributed by atoms with Crippen molar-refractivity contribution >= 4 is 17.5 Å². The van der Waals surface area contributed by atoms with E-state index in [0.29, 0.717) is 23.5 Å². The molecule has 0 bridgehead atoms. The van der Waals surface area contributed by atoms with Crippen LogP contribution in [0.2, 0.25) is 5.02 Å². The Morgan fingerprint density at radius 1 is 1.19 bits per heavy atom. The fraction of sp³-hybridized carbons (Fsp3) is 0.292. The normalized spacial score (nSPS) is 17.5. The van der Waals surface area contributed by atoms with Gasteiger partial charge in [-0.05, 0) is 24.5 Å². The first kappa shape index (κ1) is 20.8. The largest absolute Gasteiger partial charge is 0.378 e. The molecule has 2 N–H and O–H groups in total. The van der Waals surface area contributed by atoms with Crippen LogP contribution in [0.1, 0.15) is 47.2 Å². The first-order chi connectivity index (χ1) is 15.4. The average molecular weight is 454 g/mol. The number of fused-ring (bicyclic) bond motifs is 1. The Kier molecular flexibility index (Phi) is 5.10. The number of hydrogen-bond donors (Lipinski definition) is 2. The molecule has 2 heterocycles. The Bertz CT molecular complexity index is 1260. The van der Waals surface area contributed by atoms with Crippen molar-refractivity contribution in [1.29, 1.82) is 0 Å². The number of benzene rings is 2. The molecule has 0 spiro atoms. The summed E-state index contributed by atoms with van der Waals surface area (Å²) in [5.41, 5.74) is 1.46. The number of carbonyl (C=O) groups excluding carboxylic acids is 1. The number of nitrogens with zero attached hydrogens (tertiary/aromatic N) is 2. The third-order valence-electron chi connectivity index (χ3n) is 6.42. The van der Waals surface area contributed by atoms with E-state index in [1.54, 1.807) is 0 Å². The van der Waals surface area contributed by atoms with Gasteiger partial charge < -0.3 is 15.0 Å². The van der Waals surface area contributed by atoms with Crippen molar-refractivity contribution in [2.45, 2.75) is 37.3 Å². The van der Waals surface area contributed by atoms with Crippen molar-refractivity contribution < 1.29 is 14.3 Å². The number of rotatable bonds is 4. The summed E-state index contributed by atoms with van der Waals surface area (Å²) in [6.45, 7) is 0.285. The molecule has 1 atom stereocenters. The second-order valence-electron chi connectivity index (χ2n) is 8.34. The molecule has 1 aliphatic heterocycles. The lowest BCUT2D eigenvalue weighted by Crippen LogP contribution is -2.42. The molecule has 1 amide bonds. The van der Waals surface area contributed by atoms with E-state index in [-0.39, 0.29) is 34.6 Å². The van der Waals surface area contributed by atoms with Crippen molar-refractivity contribution in [2.24, 2.45) is 0 Å². The van der Waals surface area contributed by atoms with Gasteiger partial charge in [-0.25, -0.2) is 9.37 Å². The molecular formula is C24H21ClFN3O3. The Morgan fingerprint density at radius 2 is 1.94 bits per heavy atom. The summed E-state index contributed by atoms with van der Waals surface area (Å²) in [5, 5.41) is 10.3. The Balaban J connectivity index is 1.41. The maximum Gasteiger partial charge on any atom is 0.256 e. The lowest BCUT2D eigenvalue weighted by molar-refractivity contribution is -0.141. The molecule has 1 fully saturated rings. The minimum Gasteiger partial charge on any atom is -0.378 e. The number of H-pyrrole nitrogens is 1. The highest BCUT2D eigenvalue weighted by Gasteiger charge is 2.48. The van der Waals surface area contributed by atoms with Crippen LogP contribution in [0.3, 0.4) is 0 Å². The van der Waals surface area contributed by atoms with Crippen LogP contribution in [-0.4, -0.2) is 32.4 Å². The van der Waals surface area contributed by atoms with Gasteiger partial charge in [0.1, 0.15) is 11.6 Å². The standard InChI is InChI=1S/C24H21ClFN3O3/c25-17-8-4-7-15(19(17)26)20(30)22(32)29-12-9-18-16(13-29)21(31)28-23(27-18)24(10-11-24)14-5-2-1-3-6-14/h1-8,20,30H,9-13H2,(H,27,28,31). The van der Waals surface area contributed by atoms with Gasteiger partial charge in [-0.2, -0.15) is 0 Å². The highest BCUT2D eigenvalue weighted by atomic mass is 35.5. The summed E-state index contributed by atoms with van der Waals surface area (Å²) in [7, 11) is 0. The second-order valence-corrected chi connectivity index (χ2v) is 8.75. The molecule has 8 heteroatoms. The first-order valence-corrected chi connectivity index (χ1v) is 10.9. The minimum absolute atomic E-state index is 0.00830. The Hall–Kier alpha value is -3.03. The number of halogens is 2. The summed E-state index contributed by atoms with van der Waals surface area (Å²) < 4.78 is 14.3. The Labute approximate surface area is 188 Å². The number of carbonyl (C=O) groups is 1. The number of aromatic nitrogens is 2. The maximum atomic E-state index is 14.3. The number of hydrogen-bond acceptors (Lipinski definition) is 4. The zero-order chi connectivity index (χ0) is 22.5. The molecule has 1 saturated carbocycles. The van der Waals surface area contributed by atoms with Crippen molar-refractivity contribution in [3.63, 3.8) is 0 Å². The van der Waals surface area contributed by atoms with Crippen LogP contribution in [0.4, 0.5) is 4.39 Å². The third-order valence-corrected chi connectivity index (χ3v) is 6.71. The van der Waals surface area contributed by atoms with Crippen LogP contribution in [0.25, 0.3) is 0 Å². The number of aliphatic hydroxyl groups is 1. The van der Waals surface area contributed by atoms with Crippen LogP contribution < -0.4 is 5.56 Å². The zero-order valence-electron chi connectivity index (χ0n) is 17.1. The van der Waals surface area contributed by atoms with Crippen molar-refractivity contribution in [3.05, 3.63) is 97.9 Å². The van der Waals surface area contributed by atoms with Gasteiger partial charge in [-0.15, -0.1) is 0 Å². The molecule has 3 aromatic rings. The van der Waals surface area contributed by atoms with Crippen molar-refractivity contribution in [1.82, 2.24) is 14.9 Å². The van der Waals surface area contributed by atoms with Gasteiger partial charge in [-0.1, -0.05) is 54.1 Å².